The van der Waals surface area contributed by atoms with Crippen LogP contribution in [0.15, 0.2) is 54.6 Å². The Kier molecular flexibility index (Phi) is 54.1. The van der Waals surface area contributed by atoms with Crippen molar-refractivity contribution in [2.75, 3.05) is 25.0 Å². The monoisotopic (exact) mass is 812 g/mol. The molecular weight excluding hydrogens is 749 g/mol. The number of nitrogens with one attached hydrogen (secondary N) is 1. The largest absolute Gasteiger partial charge is 2.00 e. The van der Waals surface area contributed by atoms with E-state index in [2.05, 4.69) is 37.4 Å². The van der Waals surface area contributed by atoms with Gasteiger partial charge in [-0.15, -0.1) is 11.8 Å². The van der Waals surface area contributed by atoms with Crippen molar-refractivity contribution in [2.45, 2.75) is 120 Å². The Bertz CT molecular complexity index is 704. The second-order valence-electron chi connectivity index (χ2n) is 8.47. The molecule has 0 bridgehead atoms. The molecule has 1 radical (unpaired) electrons. The molecule has 3 rings (SSSR count). The molecule has 0 aliphatic carbocycles. The summed E-state index contributed by atoms with van der Waals surface area (Å²) in [6, 6.07) is 17.6. The van der Waals surface area contributed by atoms with Gasteiger partial charge in [-0.05, 0) is 31.6 Å². The third kappa shape index (κ3) is 30.9. The average Bonchev–Trinajstić information content (AvgIpc) is 3.03. The number of amides is 1. The number of piperidine rings is 1. The van der Waals surface area contributed by atoms with Crippen LogP contribution in [0, 0.1) is 13.3 Å². The minimum Gasteiger partial charge on any atom is -0.490 e. The predicted octanol–water partition coefficient (Wildman–Crippen LogP) is 11.2. The number of unbranched alkanes of at least 4 members (excludes halogenated alkanes) is 6. The van der Waals surface area contributed by atoms with Crippen molar-refractivity contribution >= 4 is 12.1 Å². The molecular formula is C36H63N2OWY-. The fourth-order valence-corrected chi connectivity index (χ4v) is 3.71. The molecule has 0 saturated carbocycles. The number of rotatable bonds is 11. The van der Waals surface area contributed by atoms with Crippen LogP contribution in [0.4, 0.5) is 5.69 Å². The molecule has 41 heavy (non-hydrogen) atoms. The molecule has 5 heteroatoms. The first-order valence-electron chi connectivity index (χ1n) is 15.9. The summed E-state index contributed by atoms with van der Waals surface area (Å²) in [7, 11) is 0. The molecule has 1 aliphatic rings. The number of benzene rings is 2. The number of hydrogen-bond acceptors (Lipinski definition) is 2. The summed E-state index contributed by atoms with van der Waals surface area (Å²) in [5, 5.41) is 2.57. The first-order chi connectivity index (χ1) is 19.3. The molecule has 2 aromatic carbocycles. The second-order valence-corrected chi connectivity index (χ2v) is 8.47. The van der Waals surface area contributed by atoms with Crippen molar-refractivity contribution < 1.29 is 58.6 Å². The molecule has 0 spiro atoms. The van der Waals surface area contributed by atoms with Crippen molar-refractivity contribution in [3.63, 3.8) is 0 Å². The zero-order valence-electron chi connectivity index (χ0n) is 28.0. The van der Waals surface area contributed by atoms with E-state index in [4.69, 9.17) is 0 Å². The van der Waals surface area contributed by atoms with E-state index >= 15 is 0 Å². The van der Waals surface area contributed by atoms with E-state index in [1.807, 2.05) is 96.1 Å². The molecule has 1 aliphatic heterocycles. The quantitative estimate of drug-likeness (QED) is 0.139. The summed E-state index contributed by atoms with van der Waals surface area (Å²) in [5.74, 6) is 0. The second kappa shape index (κ2) is 44.1. The van der Waals surface area contributed by atoms with Crippen LogP contribution >= 0.6 is 0 Å². The summed E-state index contributed by atoms with van der Waals surface area (Å²) in [6.07, 6.45) is 17.4. The van der Waals surface area contributed by atoms with Crippen molar-refractivity contribution in [3.8, 4) is 11.1 Å². The van der Waals surface area contributed by atoms with Gasteiger partial charge in [0.1, 0.15) is 0 Å². The maximum absolute atomic E-state index is 10.3. The molecule has 0 atom stereocenters. The average molecular weight is 813 g/mol. The molecule has 1 heterocycles. The van der Waals surface area contributed by atoms with Crippen LogP contribution in [0.2, 0.25) is 0 Å². The first kappa shape index (κ1) is 50.3. The summed E-state index contributed by atoms with van der Waals surface area (Å²) in [5.41, 5.74) is 2.86. The molecule has 1 fully saturated rings. The van der Waals surface area contributed by atoms with Gasteiger partial charge in [-0.1, -0.05) is 148 Å². The van der Waals surface area contributed by atoms with Gasteiger partial charge in [-0.3, -0.25) is 0 Å². The van der Waals surface area contributed by atoms with Crippen LogP contribution in [-0.2, 0) is 58.6 Å². The number of carbonyl (C=O) groups excluding carboxylic acids is 1. The van der Waals surface area contributed by atoms with E-state index < -0.39 is 0 Å². The SMILES string of the molecule is CC.CC.CC.CCCCN1CC[CH-]CC1.O=[C-]Nc1ccccc1-c1ccccc1.[CH2-]CCCCCCC.[W+2].[Y]. The van der Waals surface area contributed by atoms with Gasteiger partial charge in [0.15, 0.2) is 0 Å². The molecule has 1 saturated heterocycles. The fraction of sp³-hybridized carbons (Fsp3) is 0.583. The van der Waals surface area contributed by atoms with Gasteiger partial charge in [0.25, 0.3) is 0 Å². The van der Waals surface area contributed by atoms with Crippen molar-refractivity contribution in [1.82, 2.24) is 4.90 Å². The predicted molar refractivity (Wildman–Crippen MR) is 179 cm³/mol. The van der Waals surface area contributed by atoms with Crippen LogP contribution in [0.1, 0.15) is 120 Å². The van der Waals surface area contributed by atoms with Crippen LogP contribution in [0.5, 0.6) is 0 Å². The van der Waals surface area contributed by atoms with Gasteiger partial charge in [-0.25, -0.2) is 0 Å². The maximum atomic E-state index is 10.3. The van der Waals surface area contributed by atoms with Gasteiger partial charge in [0, 0.05) is 32.7 Å². The summed E-state index contributed by atoms with van der Waals surface area (Å²) in [4.78, 5) is 12.9. The van der Waals surface area contributed by atoms with Gasteiger partial charge in [0.05, 0.1) is 6.41 Å². The normalized spacial score (nSPS) is 11.0. The Morgan fingerprint density at radius 3 is 1.80 bits per heavy atom. The van der Waals surface area contributed by atoms with E-state index in [9.17, 15) is 4.79 Å². The van der Waals surface area contributed by atoms with Gasteiger partial charge < -0.3 is 28.4 Å². The third-order valence-electron chi connectivity index (χ3n) is 5.68. The van der Waals surface area contributed by atoms with E-state index in [1.54, 1.807) is 6.41 Å². The fourth-order valence-electron chi connectivity index (χ4n) is 3.71. The molecule has 233 valence electrons. The summed E-state index contributed by atoms with van der Waals surface area (Å²) < 4.78 is 0. The Morgan fingerprint density at radius 2 is 1.29 bits per heavy atom. The first-order valence-corrected chi connectivity index (χ1v) is 15.9. The van der Waals surface area contributed by atoms with Crippen molar-refractivity contribution in [1.29, 1.82) is 0 Å². The number of likely N-dealkylation sites (tertiary alicyclic amines) is 1. The molecule has 3 nitrogen and oxygen atoms in total. The minimum atomic E-state index is 0. The molecule has 2 aromatic rings. The van der Waals surface area contributed by atoms with E-state index in [0.29, 0.717) is 0 Å². The number of anilines is 1. The topological polar surface area (TPSA) is 32.3 Å². The minimum absolute atomic E-state index is 0. The van der Waals surface area contributed by atoms with Gasteiger partial charge in [0.2, 0.25) is 0 Å². The number of para-hydroxylation sites is 1. The Hall–Kier alpha value is -0.338. The Morgan fingerprint density at radius 1 is 0.780 bits per heavy atom. The van der Waals surface area contributed by atoms with E-state index in [-0.39, 0.29) is 53.8 Å². The van der Waals surface area contributed by atoms with Gasteiger partial charge >= 0.3 is 21.1 Å². The smallest absolute Gasteiger partial charge is 0.490 e. The zero-order valence-corrected chi connectivity index (χ0v) is 33.8. The maximum Gasteiger partial charge on any atom is 2.00 e. The molecule has 1 amide bonds. The van der Waals surface area contributed by atoms with Crippen LogP contribution in [0.25, 0.3) is 11.1 Å². The van der Waals surface area contributed by atoms with Crippen LogP contribution in [-0.4, -0.2) is 30.9 Å². The van der Waals surface area contributed by atoms with Gasteiger partial charge in [-0.2, -0.15) is 19.3 Å². The third-order valence-corrected chi connectivity index (χ3v) is 5.68. The Labute approximate surface area is 297 Å². The molecule has 1 N–H and O–H groups in total. The van der Waals surface area contributed by atoms with E-state index in [1.165, 1.54) is 77.4 Å². The van der Waals surface area contributed by atoms with E-state index in [0.717, 1.165) is 23.2 Å². The van der Waals surface area contributed by atoms with Crippen LogP contribution < -0.4 is 5.32 Å². The zero-order chi connectivity index (χ0) is 30.0. The van der Waals surface area contributed by atoms with Crippen LogP contribution in [0.3, 0.4) is 0 Å². The Balaban J connectivity index is -0.000000147. The summed E-state index contributed by atoms with van der Waals surface area (Å²) in [6.45, 7) is 24.2. The number of hydrogen-bond donors (Lipinski definition) is 1. The van der Waals surface area contributed by atoms with Crippen molar-refractivity contribution in [2.24, 2.45) is 0 Å². The standard InChI is InChI=1S/C13H10NO.C9H18N.C8H17.3C2H6.W.Y/c15-10-14-13-9-5-4-8-12(13)11-6-2-1-3-7-11;1-2-3-7-10-8-5-4-6-9-10;1-3-5-7-8-6-4-2;3*1-2;;/h1-9H,(H,14,15);4H,2-3,5-9H2,1H3;1,3-8H2,2H3;3*1-2H3;;/q3*-1;;;;+2;. The molecule has 0 unspecified atom stereocenters. The van der Waals surface area contributed by atoms with Crippen molar-refractivity contribution in [3.05, 3.63) is 67.9 Å². The number of nitrogens with zero attached hydrogens (tertiary/aromatic N) is 1. The molecule has 0 aromatic heterocycles. The summed E-state index contributed by atoms with van der Waals surface area (Å²) >= 11 is 0.